The Morgan fingerprint density at radius 1 is 1.39 bits per heavy atom. The Balaban J connectivity index is 2.21. The first kappa shape index (κ1) is 17.9. The van der Waals surface area contributed by atoms with Crippen molar-refractivity contribution in [3.8, 4) is 10.6 Å². The van der Waals surface area contributed by atoms with Gasteiger partial charge in [-0.2, -0.15) is 0 Å². The summed E-state index contributed by atoms with van der Waals surface area (Å²) in [6.45, 7) is 5.89. The largest absolute Gasteiger partial charge is 0.394 e. The number of carbonyl (C=O) groups excluding carboxylic acids is 1. The van der Waals surface area contributed by atoms with Gasteiger partial charge < -0.3 is 10.4 Å². The van der Waals surface area contributed by atoms with E-state index < -0.39 is 0 Å². The maximum atomic E-state index is 12.4. The second-order valence-corrected chi connectivity index (χ2v) is 7.50. The van der Waals surface area contributed by atoms with Crippen molar-refractivity contribution in [3.63, 3.8) is 0 Å². The fraction of sp³-hybridized carbons (Fsp3) is 0.412. The van der Waals surface area contributed by atoms with Gasteiger partial charge in [-0.3, -0.25) is 4.79 Å². The number of aliphatic hydroxyl groups excluding tert-OH is 1. The van der Waals surface area contributed by atoms with Gasteiger partial charge in [0.25, 0.3) is 5.91 Å². The smallest absolute Gasteiger partial charge is 0.271 e. The molecule has 0 unspecified atom stereocenters. The van der Waals surface area contributed by atoms with Crippen molar-refractivity contribution in [2.45, 2.75) is 33.2 Å². The maximum Gasteiger partial charge on any atom is 0.271 e. The lowest BCUT2D eigenvalue weighted by Gasteiger charge is -2.17. The average Bonchev–Trinajstić information content (AvgIpc) is 2.88. The predicted molar refractivity (Wildman–Crippen MR) is 95.1 cm³/mol. The van der Waals surface area contributed by atoms with Gasteiger partial charge in [0.1, 0.15) is 10.7 Å². The van der Waals surface area contributed by atoms with Gasteiger partial charge in [0.2, 0.25) is 0 Å². The third-order valence-corrected chi connectivity index (χ3v) is 4.76. The Hall–Kier alpha value is -1.43. The molecule has 0 aliphatic carbocycles. The molecule has 2 N–H and O–H groups in total. The summed E-state index contributed by atoms with van der Waals surface area (Å²) in [4.78, 5) is 17.7. The fourth-order valence-corrected chi connectivity index (χ4v) is 3.59. The Bertz CT molecular complexity index is 685. The van der Waals surface area contributed by atoms with Crippen LogP contribution in [0.4, 0.5) is 0 Å². The first-order valence-electron chi connectivity index (χ1n) is 7.56. The van der Waals surface area contributed by atoms with Crippen LogP contribution in [0.1, 0.15) is 35.6 Å². The summed E-state index contributed by atoms with van der Waals surface area (Å²) in [5.41, 5.74) is 1.22. The van der Waals surface area contributed by atoms with Gasteiger partial charge in [-0.05, 0) is 25.3 Å². The molecule has 0 spiro atoms. The quantitative estimate of drug-likeness (QED) is 0.828. The monoisotopic (exact) mass is 352 g/mol. The summed E-state index contributed by atoms with van der Waals surface area (Å²) in [5.74, 6) is 0.138. The molecule has 2 aromatic rings. The summed E-state index contributed by atoms with van der Waals surface area (Å²) in [7, 11) is 0. The Kier molecular flexibility index (Phi) is 6.16. The van der Waals surface area contributed by atoms with E-state index in [0.717, 1.165) is 21.9 Å². The molecule has 0 saturated carbocycles. The van der Waals surface area contributed by atoms with E-state index >= 15 is 0 Å². The fourth-order valence-electron chi connectivity index (χ4n) is 2.36. The molecule has 6 heteroatoms. The number of benzene rings is 1. The lowest BCUT2D eigenvalue weighted by Crippen LogP contribution is -2.38. The Morgan fingerprint density at radius 2 is 2.09 bits per heavy atom. The molecule has 0 bridgehead atoms. The molecule has 1 heterocycles. The highest BCUT2D eigenvalue weighted by Gasteiger charge is 2.20. The van der Waals surface area contributed by atoms with Crippen LogP contribution < -0.4 is 5.32 Å². The third-order valence-electron chi connectivity index (χ3n) is 3.43. The van der Waals surface area contributed by atoms with Crippen LogP contribution in [0.3, 0.4) is 0 Å². The van der Waals surface area contributed by atoms with Crippen molar-refractivity contribution in [3.05, 3.63) is 39.9 Å². The number of carbonyl (C=O) groups is 1. The minimum atomic E-state index is -0.257. The summed E-state index contributed by atoms with van der Waals surface area (Å²) >= 11 is 7.64. The zero-order valence-electron chi connectivity index (χ0n) is 13.5. The number of nitrogens with zero attached hydrogens (tertiary/aromatic N) is 1. The standard InChI is InChI=1S/C17H21ClN2O2S/c1-10(2)8-12(9-21)19-16(22)15-11(3)23-17(20-15)13-6-4-5-7-14(13)18/h4-7,10,12,21H,8-9H2,1-3H3,(H,19,22)/t12-/m0/s1. The number of halogens is 1. The van der Waals surface area contributed by atoms with E-state index in [1.54, 1.807) is 6.07 Å². The van der Waals surface area contributed by atoms with Crippen molar-refractivity contribution in [1.29, 1.82) is 0 Å². The molecule has 2 rings (SSSR count). The number of aryl methyl sites for hydroxylation is 1. The Labute approximate surface area is 145 Å². The highest BCUT2D eigenvalue weighted by Crippen LogP contribution is 2.32. The summed E-state index contributed by atoms with van der Waals surface area (Å²) < 4.78 is 0. The van der Waals surface area contributed by atoms with Crippen LogP contribution in [-0.2, 0) is 0 Å². The number of amides is 1. The number of hydrogen-bond donors (Lipinski definition) is 2. The van der Waals surface area contributed by atoms with Crippen molar-refractivity contribution >= 4 is 28.8 Å². The van der Waals surface area contributed by atoms with E-state index in [9.17, 15) is 9.90 Å². The minimum absolute atomic E-state index is 0.0789. The zero-order valence-corrected chi connectivity index (χ0v) is 15.0. The molecule has 0 radical (unpaired) electrons. The Morgan fingerprint density at radius 3 is 2.70 bits per heavy atom. The van der Waals surface area contributed by atoms with E-state index in [4.69, 9.17) is 11.6 Å². The SMILES string of the molecule is Cc1sc(-c2ccccc2Cl)nc1C(=O)N[C@H](CO)CC(C)C. The molecule has 0 fully saturated rings. The van der Waals surface area contributed by atoms with Crippen molar-refractivity contribution in [1.82, 2.24) is 10.3 Å². The molecule has 4 nitrogen and oxygen atoms in total. The molecular weight excluding hydrogens is 332 g/mol. The molecule has 1 aromatic carbocycles. The molecule has 23 heavy (non-hydrogen) atoms. The highest BCUT2D eigenvalue weighted by atomic mass is 35.5. The first-order chi connectivity index (χ1) is 10.9. The van der Waals surface area contributed by atoms with Crippen LogP contribution >= 0.6 is 22.9 Å². The summed E-state index contributed by atoms with van der Waals surface area (Å²) in [6, 6.07) is 7.18. The van der Waals surface area contributed by atoms with Gasteiger partial charge in [-0.15, -0.1) is 11.3 Å². The molecular formula is C17H21ClN2O2S. The van der Waals surface area contributed by atoms with Gasteiger partial charge in [0, 0.05) is 10.4 Å². The van der Waals surface area contributed by atoms with Crippen LogP contribution in [0, 0.1) is 12.8 Å². The number of rotatable bonds is 6. The van der Waals surface area contributed by atoms with Crippen molar-refractivity contribution in [2.75, 3.05) is 6.61 Å². The van der Waals surface area contributed by atoms with Crippen LogP contribution in [0.2, 0.25) is 5.02 Å². The normalized spacial score (nSPS) is 12.4. The molecule has 1 aromatic heterocycles. The average molecular weight is 353 g/mol. The van der Waals surface area contributed by atoms with Gasteiger partial charge in [0.15, 0.2) is 0 Å². The molecule has 1 amide bonds. The van der Waals surface area contributed by atoms with Gasteiger partial charge in [0.05, 0.1) is 17.7 Å². The number of nitrogens with one attached hydrogen (secondary N) is 1. The number of aliphatic hydroxyl groups is 1. The van der Waals surface area contributed by atoms with Crippen LogP contribution in [0.15, 0.2) is 24.3 Å². The number of hydrogen-bond acceptors (Lipinski definition) is 4. The zero-order chi connectivity index (χ0) is 17.0. The summed E-state index contributed by atoms with van der Waals surface area (Å²) in [6.07, 6.45) is 0.725. The van der Waals surface area contributed by atoms with Crippen LogP contribution in [-0.4, -0.2) is 28.6 Å². The van der Waals surface area contributed by atoms with E-state index in [1.165, 1.54) is 11.3 Å². The molecule has 0 aliphatic heterocycles. The minimum Gasteiger partial charge on any atom is -0.394 e. The topological polar surface area (TPSA) is 62.2 Å². The van der Waals surface area contributed by atoms with E-state index in [2.05, 4.69) is 24.1 Å². The summed E-state index contributed by atoms with van der Waals surface area (Å²) in [5, 5.41) is 13.6. The van der Waals surface area contributed by atoms with Gasteiger partial charge in [-0.25, -0.2) is 4.98 Å². The van der Waals surface area contributed by atoms with E-state index in [0.29, 0.717) is 16.6 Å². The van der Waals surface area contributed by atoms with Gasteiger partial charge in [-0.1, -0.05) is 43.6 Å². The third kappa shape index (κ3) is 4.53. The molecule has 0 saturated heterocycles. The van der Waals surface area contributed by atoms with Crippen LogP contribution in [0.5, 0.6) is 0 Å². The highest BCUT2D eigenvalue weighted by molar-refractivity contribution is 7.15. The predicted octanol–water partition coefficient (Wildman–Crippen LogP) is 3.91. The van der Waals surface area contributed by atoms with Gasteiger partial charge >= 0.3 is 0 Å². The van der Waals surface area contributed by atoms with Crippen molar-refractivity contribution in [2.24, 2.45) is 5.92 Å². The first-order valence-corrected chi connectivity index (χ1v) is 8.75. The van der Waals surface area contributed by atoms with E-state index in [1.807, 2.05) is 25.1 Å². The molecule has 124 valence electrons. The number of aromatic nitrogens is 1. The van der Waals surface area contributed by atoms with E-state index in [-0.39, 0.29) is 18.6 Å². The second kappa shape index (κ2) is 7.90. The molecule has 1 atom stereocenters. The number of thiazole rings is 1. The lowest BCUT2D eigenvalue weighted by molar-refractivity contribution is 0.0903. The van der Waals surface area contributed by atoms with Crippen LogP contribution in [0.25, 0.3) is 10.6 Å². The lowest BCUT2D eigenvalue weighted by atomic mass is 10.0. The van der Waals surface area contributed by atoms with Crippen molar-refractivity contribution < 1.29 is 9.90 Å². The second-order valence-electron chi connectivity index (χ2n) is 5.89. The molecule has 0 aliphatic rings. The maximum absolute atomic E-state index is 12.4.